The van der Waals surface area contributed by atoms with Gasteiger partial charge >= 0.3 is 0 Å². The van der Waals surface area contributed by atoms with Crippen molar-refractivity contribution in [2.45, 2.75) is 43.0 Å². The van der Waals surface area contributed by atoms with Crippen molar-refractivity contribution in [3.05, 3.63) is 57.8 Å². The highest BCUT2D eigenvalue weighted by Crippen LogP contribution is 2.59. The maximum atomic E-state index is 14.5. The van der Waals surface area contributed by atoms with Crippen LogP contribution in [0.15, 0.2) is 41.3 Å². The minimum atomic E-state index is -4.21. The van der Waals surface area contributed by atoms with E-state index in [0.29, 0.717) is 18.8 Å². The summed E-state index contributed by atoms with van der Waals surface area (Å²) >= 11 is 11.8. The first-order valence-corrected chi connectivity index (χ1v) is 13.6. The SMILES string of the molecule is NC(=O)C12CC3CC(C1)C(NC(=O)c1ccc(F)c(NS(=O)(=O)c4cc(Cl)cc(Cl)c4)c1)C(C3)C2. The van der Waals surface area contributed by atoms with Crippen molar-refractivity contribution >= 4 is 50.7 Å². The van der Waals surface area contributed by atoms with Gasteiger partial charge in [-0.1, -0.05) is 23.2 Å². The first-order chi connectivity index (χ1) is 16.5. The summed E-state index contributed by atoms with van der Waals surface area (Å²) < 4.78 is 42.2. The van der Waals surface area contributed by atoms with Gasteiger partial charge in [0, 0.05) is 27.1 Å². The molecule has 4 bridgehead atoms. The van der Waals surface area contributed by atoms with Crippen molar-refractivity contribution in [2.75, 3.05) is 4.72 Å². The number of halogens is 3. The first kappa shape index (κ1) is 24.3. The number of hydrogen-bond acceptors (Lipinski definition) is 4. The molecule has 6 rings (SSSR count). The zero-order valence-electron chi connectivity index (χ0n) is 18.6. The second-order valence-corrected chi connectivity index (χ2v) is 12.6. The number of carbonyl (C=O) groups excluding carboxylic acids is 2. The molecule has 4 fully saturated rings. The van der Waals surface area contributed by atoms with Gasteiger partial charge in [0.2, 0.25) is 5.91 Å². The van der Waals surface area contributed by atoms with E-state index in [1.807, 2.05) is 0 Å². The van der Waals surface area contributed by atoms with Crippen molar-refractivity contribution < 1.29 is 22.4 Å². The molecule has 0 aliphatic heterocycles. The van der Waals surface area contributed by atoms with Crippen LogP contribution in [0.2, 0.25) is 10.0 Å². The minimum Gasteiger partial charge on any atom is -0.369 e. The Balaban J connectivity index is 1.35. The predicted molar refractivity (Wildman–Crippen MR) is 130 cm³/mol. The fraction of sp³-hybridized carbons (Fsp3) is 0.417. The number of anilines is 1. The Hall–Kier alpha value is -2.36. The minimum absolute atomic E-state index is 0.106. The third-order valence-corrected chi connectivity index (χ3v) is 9.49. The van der Waals surface area contributed by atoms with E-state index in [2.05, 4.69) is 10.0 Å². The fourth-order valence-corrected chi connectivity index (χ4v) is 8.21. The van der Waals surface area contributed by atoms with E-state index < -0.39 is 27.2 Å². The van der Waals surface area contributed by atoms with Gasteiger partial charge in [-0.15, -0.1) is 0 Å². The molecule has 2 atom stereocenters. The molecule has 0 spiro atoms. The first-order valence-electron chi connectivity index (χ1n) is 11.3. The number of benzene rings is 2. The average molecular weight is 540 g/mol. The topological polar surface area (TPSA) is 118 Å². The van der Waals surface area contributed by atoms with Crippen LogP contribution >= 0.6 is 23.2 Å². The molecular weight excluding hydrogens is 516 g/mol. The Bertz CT molecular complexity index is 1300. The van der Waals surface area contributed by atoms with Gasteiger partial charge in [-0.05, 0) is 86.3 Å². The summed E-state index contributed by atoms with van der Waals surface area (Å²) in [5.41, 5.74) is 5.01. The molecule has 4 N–H and O–H groups in total. The van der Waals surface area contributed by atoms with Crippen LogP contribution in [0.4, 0.5) is 10.1 Å². The summed E-state index contributed by atoms with van der Waals surface area (Å²) in [6.07, 6.45) is 4.03. The molecule has 0 radical (unpaired) electrons. The molecule has 186 valence electrons. The van der Waals surface area contributed by atoms with Crippen LogP contribution in [0.25, 0.3) is 0 Å². The highest BCUT2D eigenvalue weighted by Gasteiger charge is 2.58. The summed E-state index contributed by atoms with van der Waals surface area (Å²) in [6.45, 7) is 0. The van der Waals surface area contributed by atoms with Gasteiger partial charge in [0.25, 0.3) is 15.9 Å². The highest BCUT2D eigenvalue weighted by atomic mass is 35.5. The molecule has 2 aromatic carbocycles. The Kier molecular flexibility index (Phi) is 6.01. The zero-order valence-corrected chi connectivity index (χ0v) is 20.9. The molecule has 2 unspecified atom stereocenters. The van der Waals surface area contributed by atoms with Gasteiger partial charge in [-0.25, -0.2) is 12.8 Å². The lowest BCUT2D eigenvalue weighted by atomic mass is 9.47. The lowest BCUT2D eigenvalue weighted by molar-refractivity contribution is -0.145. The van der Waals surface area contributed by atoms with E-state index in [0.717, 1.165) is 31.4 Å². The van der Waals surface area contributed by atoms with Gasteiger partial charge in [0.1, 0.15) is 5.82 Å². The average Bonchev–Trinajstić information content (AvgIpc) is 2.76. The Morgan fingerprint density at radius 3 is 2.23 bits per heavy atom. The number of hydrogen-bond donors (Lipinski definition) is 3. The number of carbonyl (C=O) groups is 2. The van der Waals surface area contributed by atoms with Gasteiger partial charge in [-0.2, -0.15) is 0 Å². The standard InChI is InChI=1S/C24H24Cl2FN3O4S/c25-16-6-17(26)8-18(7-16)35(33,34)30-20-5-13(1-2-19(20)27)22(31)29-21-14-3-12-4-15(21)11-24(9-12,10-14)23(28)32/h1-2,5-8,12,14-15,21,30H,3-4,9-11H2,(H2,28,32)(H,29,31). The van der Waals surface area contributed by atoms with E-state index in [9.17, 15) is 22.4 Å². The second-order valence-electron chi connectivity index (χ2n) is 10.0. The van der Waals surface area contributed by atoms with E-state index in [-0.39, 0.29) is 50.0 Å². The van der Waals surface area contributed by atoms with E-state index in [1.54, 1.807) is 0 Å². The number of sulfonamides is 1. The van der Waals surface area contributed by atoms with Crippen molar-refractivity contribution in [2.24, 2.45) is 28.9 Å². The largest absolute Gasteiger partial charge is 0.369 e. The van der Waals surface area contributed by atoms with E-state index in [1.165, 1.54) is 24.3 Å². The molecule has 4 aliphatic carbocycles. The normalized spacial score (nSPS) is 29.1. The Morgan fingerprint density at radius 2 is 1.63 bits per heavy atom. The summed E-state index contributed by atoms with van der Waals surface area (Å²) in [4.78, 5) is 25.0. The zero-order chi connectivity index (χ0) is 25.1. The Morgan fingerprint density at radius 1 is 1.00 bits per heavy atom. The van der Waals surface area contributed by atoms with Crippen LogP contribution in [-0.2, 0) is 14.8 Å². The number of amides is 2. The molecule has 11 heteroatoms. The van der Waals surface area contributed by atoms with Crippen molar-refractivity contribution in [3.63, 3.8) is 0 Å². The molecular formula is C24H24Cl2FN3O4S. The molecule has 0 aromatic heterocycles. The quantitative estimate of drug-likeness (QED) is 0.505. The lowest BCUT2D eigenvalue weighted by Gasteiger charge is -2.58. The predicted octanol–water partition coefficient (Wildman–Crippen LogP) is 4.34. The number of primary amides is 1. The number of nitrogens with two attached hydrogens (primary N) is 1. The van der Waals surface area contributed by atoms with E-state index in [4.69, 9.17) is 28.9 Å². The highest BCUT2D eigenvalue weighted by molar-refractivity contribution is 7.92. The molecule has 2 aromatic rings. The lowest BCUT2D eigenvalue weighted by Crippen LogP contribution is -2.62. The summed E-state index contributed by atoms with van der Waals surface area (Å²) in [5.74, 6) is -0.761. The maximum Gasteiger partial charge on any atom is 0.262 e. The molecule has 0 saturated heterocycles. The van der Waals surface area contributed by atoms with Gasteiger partial charge < -0.3 is 11.1 Å². The number of nitrogens with one attached hydrogen (secondary N) is 2. The fourth-order valence-electron chi connectivity index (χ4n) is 6.43. The summed E-state index contributed by atoms with van der Waals surface area (Å²) in [7, 11) is -4.21. The molecule has 2 amide bonds. The van der Waals surface area contributed by atoms with Crippen molar-refractivity contribution in [3.8, 4) is 0 Å². The third kappa shape index (κ3) is 4.49. The molecule has 4 saturated carbocycles. The third-order valence-electron chi connectivity index (χ3n) is 7.71. The van der Waals surface area contributed by atoms with Crippen LogP contribution in [0.3, 0.4) is 0 Å². The van der Waals surface area contributed by atoms with E-state index >= 15 is 0 Å². The molecule has 35 heavy (non-hydrogen) atoms. The monoisotopic (exact) mass is 539 g/mol. The maximum absolute atomic E-state index is 14.5. The summed E-state index contributed by atoms with van der Waals surface area (Å²) in [5, 5.41) is 3.29. The summed E-state index contributed by atoms with van der Waals surface area (Å²) in [6, 6.07) is 7.16. The second kappa shape index (κ2) is 8.64. The van der Waals surface area contributed by atoms with Crippen LogP contribution in [0, 0.1) is 29.0 Å². The van der Waals surface area contributed by atoms with Gasteiger partial charge in [0.15, 0.2) is 0 Å². The Labute approximate surface area is 212 Å². The number of rotatable bonds is 6. The smallest absolute Gasteiger partial charge is 0.262 e. The molecule has 4 aliphatic rings. The van der Waals surface area contributed by atoms with Crippen molar-refractivity contribution in [1.29, 1.82) is 0 Å². The van der Waals surface area contributed by atoms with Gasteiger partial charge in [0.05, 0.1) is 10.6 Å². The van der Waals surface area contributed by atoms with Crippen LogP contribution in [0.1, 0.15) is 42.5 Å². The van der Waals surface area contributed by atoms with Crippen LogP contribution in [-0.4, -0.2) is 26.3 Å². The van der Waals surface area contributed by atoms with Crippen LogP contribution in [0.5, 0.6) is 0 Å². The van der Waals surface area contributed by atoms with Crippen molar-refractivity contribution in [1.82, 2.24) is 5.32 Å². The van der Waals surface area contributed by atoms with Crippen LogP contribution < -0.4 is 15.8 Å². The molecule has 7 nitrogen and oxygen atoms in total. The van der Waals surface area contributed by atoms with Gasteiger partial charge in [-0.3, -0.25) is 14.3 Å². The molecule has 0 heterocycles.